The summed E-state index contributed by atoms with van der Waals surface area (Å²) in [7, 11) is 0. The topological polar surface area (TPSA) is 34.9 Å². The number of aromatic nitrogens is 2. The van der Waals surface area contributed by atoms with Crippen LogP contribution in [0.15, 0.2) is 29.1 Å². The summed E-state index contributed by atoms with van der Waals surface area (Å²) in [6.45, 7) is 6.07. The maximum Gasteiger partial charge on any atom is 0.261 e. The Bertz CT molecular complexity index is 669. The number of benzene rings is 1. The van der Waals surface area contributed by atoms with Crippen molar-refractivity contribution in [1.29, 1.82) is 0 Å². The molecule has 0 N–H and O–H groups in total. The van der Waals surface area contributed by atoms with Gasteiger partial charge >= 0.3 is 0 Å². The number of alkyl halides is 1. The highest BCUT2D eigenvalue weighted by Crippen LogP contribution is 2.23. The molecule has 2 atom stereocenters. The van der Waals surface area contributed by atoms with Crippen LogP contribution in [-0.2, 0) is 0 Å². The van der Waals surface area contributed by atoms with Crippen molar-refractivity contribution < 1.29 is 0 Å². The van der Waals surface area contributed by atoms with Crippen molar-refractivity contribution in [3.8, 4) is 0 Å². The number of fused-ring (bicyclic) bond motifs is 1. The highest BCUT2D eigenvalue weighted by Gasteiger charge is 2.18. The molecule has 1 heterocycles. The van der Waals surface area contributed by atoms with Crippen LogP contribution in [-0.4, -0.2) is 21.1 Å². The molecule has 0 aliphatic rings. The molecular formula is C16H21ClN2OS. The first kappa shape index (κ1) is 16.4. The average Bonchev–Trinajstić information content (AvgIpc) is 2.47. The molecule has 0 radical (unpaired) electrons. The van der Waals surface area contributed by atoms with Gasteiger partial charge in [0.05, 0.1) is 16.3 Å². The first-order valence-electron chi connectivity index (χ1n) is 7.29. The van der Waals surface area contributed by atoms with Crippen molar-refractivity contribution >= 4 is 34.3 Å². The summed E-state index contributed by atoms with van der Waals surface area (Å²) in [5.41, 5.74) is 0.730. The fourth-order valence-corrected chi connectivity index (χ4v) is 3.35. The van der Waals surface area contributed by atoms with E-state index in [2.05, 4.69) is 18.8 Å². The van der Waals surface area contributed by atoms with E-state index < -0.39 is 0 Å². The largest absolute Gasteiger partial charge is 0.292 e. The predicted molar refractivity (Wildman–Crippen MR) is 92.6 cm³/mol. The Kier molecular flexibility index (Phi) is 5.71. The van der Waals surface area contributed by atoms with E-state index in [1.807, 2.05) is 43.0 Å². The van der Waals surface area contributed by atoms with Gasteiger partial charge in [0.25, 0.3) is 5.56 Å². The van der Waals surface area contributed by atoms with E-state index >= 15 is 0 Å². The molecule has 2 unspecified atom stereocenters. The second-order valence-electron chi connectivity index (χ2n) is 5.11. The molecule has 5 heteroatoms. The zero-order valence-corrected chi connectivity index (χ0v) is 14.2. The standard InChI is InChI=1S/C16H21ClN2OS/c1-4-21-10-9-11(2)19-15(12(3)17)18-14-8-6-5-7-13(14)16(19)20/h5-8,11-12H,4,9-10H2,1-3H3. The lowest BCUT2D eigenvalue weighted by Crippen LogP contribution is -2.28. The molecule has 0 aliphatic carbocycles. The van der Waals surface area contributed by atoms with Crippen molar-refractivity contribution in [3.05, 3.63) is 40.4 Å². The van der Waals surface area contributed by atoms with Crippen LogP contribution in [0.25, 0.3) is 10.9 Å². The van der Waals surface area contributed by atoms with Crippen LogP contribution in [0.1, 0.15) is 44.4 Å². The molecule has 0 amide bonds. The van der Waals surface area contributed by atoms with Crippen molar-refractivity contribution in [2.24, 2.45) is 0 Å². The van der Waals surface area contributed by atoms with E-state index in [4.69, 9.17) is 11.6 Å². The minimum absolute atomic E-state index is 0.0112. The summed E-state index contributed by atoms with van der Waals surface area (Å²) in [4.78, 5) is 17.4. The van der Waals surface area contributed by atoms with Gasteiger partial charge in [0.2, 0.25) is 0 Å². The number of halogens is 1. The average molecular weight is 325 g/mol. The Morgan fingerprint density at radius 2 is 2.05 bits per heavy atom. The quantitative estimate of drug-likeness (QED) is 0.583. The Morgan fingerprint density at radius 1 is 1.33 bits per heavy atom. The van der Waals surface area contributed by atoms with Gasteiger partial charge < -0.3 is 0 Å². The molecule has 0 saturated heterocycles. The molecule has 0 spiro atoms. The first-order valence-corrected chi connectivity index (χ1v) is 8.88. The third kappa shape index (κ3) is 3.61. The molecule has 0 bridgehead atoms. The number of hydrogen-bond acceptors (Lipinski definition) is 3. The molecule has 1 aromatic heterocycles. The van der Waals surface area contributed by atoms with E-state index in [0.717, 1.165) is 23.4 Å². The van der Waals surface area contributed by atoms with Gasteiger partial charge in [-0.3, -0.25) is 9.36 Å². The molecule has 114 valence electrons. The lowest BCUT2D eigenvalue weighted by Gasteiger charge is -2.21. The molecule has 21 heavy (non-hydrogen) atoms. The number of hydrogen-bond donors (Lipinski definition) is 0. The molecule has 0 fully saturated rings. The summed E-state index contributed by atoms with van der Waals surface area (Å²) < 4.78 is 1.77. The van der Waals surface area contributed by atoms with E-state index in [1.54, 1.807) is 4.57 Å². The number of thioether (sulfide) groups is 1. The van der Waals surface area contributed by atoms with Crippen LogP contribution in [0.3, 0.4) is 0 Å². The van der Waals surface area contributed by atoms with Gasteiger partial charge in [-0.05, 0) is 43.9 Å². The monoisotopic (exact) mass is 324 g/mol. The Labute approximate surface area is 134 Å². The maximum absolute atomic E-state index is 12.8. The van der Waals surface area contributed by atoms with Crippen molar-refractivity contribution in [2.45, 2.75) is 38.6 Å². The molecule has 2 aromatic rings. The minimum Gasteiger partial charge on any atom is -0.292 e. The number of para-hydroxylation sites is 1. The smallest absolute Gasteiger partial charge is 0.261 e. The molecule has 0 aliphatic heterocycles. The van der Waals surface area contributed by atoms with Gasteiger partial charge in [0.1, 0.15) is 5.82 Å². The van der Waals surface area contributed by atoms with Crippen LogP contribution in [0.4, 0.5) is 0 Å². The molecule has 3 nitrogen and oxygen atoms in total. The molecular weight excluding hydrogens is 304 g/mol. The minimum atomic E-state index is -0.288. The fraction of sp³-hybridized carbons (Fsp3) is 0.500. The van der Waals surface area contributed by atoms with Crippen molar-refractivity contribution in [3.63, 3.8) is 0 Å². The van der Waals surface area contributed by atoms with Gasteiger partial charge in [0.15, 0.2) is 0 Å². The summed E-state index contributed by atoms with van der Waals surface area (Å²) >= 11 is 8.14. The van der Waals surface area contributed by atoms with Crippen LogP contribution in [0.2, 0.25) is 0 Å². The predicted octanol–water partition coefficient (Wildman–Crippen LogP) is 4.40. The Balaban J connectivity index is 2.51. The van der Waals surface area contributed by atoms with Crippen LogP contribution >= 0.6 is 23.4 Å². The maximum atomic E-state index is 12.8. The van der Waals surface area contributed by atoms with Gasteiger partial charge in [-0.1, -0.05) is 19.1 Å². The van der Waals surface area contributed by atoms with E-state index in [9.17, 15) is 4.79 Å². The summed E-state index contributed by atoms with van der Waals surface area (Å²) in [5, 5.41) is 0.372. The molecule has 0 saturated carbocycles. The molecule has 1 aromatic carbocycles. The second kappa shape index (κ2) is 7.32. The zero-order valence-electron chi connectivity index (χ0n) is 12.7. The highest BCUT2D eigenvalue weighted by molar-refractivity contribution is 7.99. The lowest BCUT2D eigenvalue weighted by atomic mass is 10.2. The zero-order chi connectivity index (χ0) is 15.4. The summed E-state index contributed by atoms with van der Waals surface area (Å²) in [5.74, 6) is 2.79. The van der Waals surface area contributed by atoms with Crippen LogP contribution < -0.4 is 5.56 Å². The van der Waals surface area contributed by atoms with E-state index in [1.165, 1.54) is 0 Å². The fourth-order valence-electron chi connectivity index (χ4n) is 2.40. The molecule has 2 rings (SSSR count). The SMILES string of the molecule is CCSCCC(C)n1c(C(C)Cl)nc2ccccc2c1=O. The van der Waals surface area contributed by atoms with Crippen molar-refractivity contribution in [2.75, 3.05) is 11.5 Å². The van der Waals surface area contributed by atoms with Gasteiger partial charge in [-0.15, -0.1) is 11.6 Å². The normalized spacial score (nSPS) is 14.3. The lowest BCUT2D eigenvalue weighted by molar-refractivity contribution is 0.490. The van der Waals surface area contributed by atoms with Crippen LogP contribution in [0.5, 0.6) is 0 Å². The van der Waals surface area contributed by atoms with Gasteiger partial charge in [-0.25, -0.2) is 4.98 Å². The van der Waals surface area contributed by atoms with Gasteiger partial charge in [0, 0.05) is 6.04 Å². The highest BCUT2D eigenvalue weighted by atomic mass is 35.5. The third-order valence-electron chi connectivity index (χ3n) is 3.52. The number of rotatable bonds is 6. The Morgan fingerprint density at radius 3 is 2.71 bits per heavy atom. The van der Waals surface area contributed by atoms with E-state index in [0.29, 0.717) is 11.2 Å². The van der Waals surface area contributed by atoms with Gasteiger partial charge in [-0.2, -0.15) is 11.8 Å². The third-order valence-corrected chi connectivity index (χ3v) is 4.64. The first-order chi connectivity index (χ1) is 10.1. The summed E-state index contributed by atoms with van der Waals surface area (Å²) in [6, 6.07) is 7.56. The second-order valence-corrected chi connectivity index (χ2v) is 7.16. The van der Waals surface area contributed by atoms with Crippen molar-refractivity contribution in [1.82, 2.24) is 9.55 Å². The number of nitrogens with zero attached hydrogens (tertiary/aromatic N) is 2. The summed E-state index contributed by atoms with van der Waals surface area (Å²) in [6.07, 6.45) is 0.940. The Hall–Kier alpha value is -1.00. The van der Waals surface area contributed by atoms with E-state index in [-0.39, 0.29) is 17.0 Å². The van der Waals surface area contributed by atoms with Crippen LogP contribution in [0, 0.1) is 0 Å².